The van der Waals surface area contributed by atoms with Crippen molar-refractivity contribution in [2.45, 2.75) is 13.5 Å². The number of nitrogens with zero attached hydrogens (tertiary/aromatic N) is 2. The Morgan fingerprint density at radius 3 is 2.47 bits per heavy atom. The molecule has 2 aromatic rings. The lowest BCUT2D eigenvalue weighted by Crippen LogP contribution is -2.06. The smallest absolute Gasteiger partial charge is 0.159 e. The highest BCUT2D eigenvalue weighted by Gasteiger charge is 2.04. The molecule has 0 atom stereocenters. The van der Waals surface area contributed by atoms with Crippen molar-refractivity contribution in [1.29, 1.82) is 0 Å². The molecule has 0 spiro atoms. The van der Waals surface area contributed by atoms with Gasteiger partial charge in [0.2, 0.25) is 0 Å². The summed E-state index contributed by atoms with van der Waals surface area (Å²) in [5.41, 5.74) is 2.57. The van der Waals surface area contributed by atoms with E-state index in [0.717, 1.165) is 17.7 Å². The van der Waals surface area contributed by atoms with Gasteiger partial charge in [0.1, 0.15) is 5.82 Å². The summed E-state index contributed by atoms with van der Waals surface area (Å²) in [4.78, 5) is 8.46. The Labute approximate surface area is 99.7 Å². The van der Waals surface area contributed by atoms with Crippen molar-refractivity contribution in [3.05, 3.63) is 47.5 Å². The number of rotatable bonds is 3. The van der Waals surface area contributed by atoms with Gasteiger partial charge in [-0.1, -0.05) is 0 Å². The Kier molecular flexibility index (Phi) is 3.44. The highest BCUT2D eigenvalue weighted by molar-refractivity contribution is 5.55. The van der Waals surface area contributed by atoms with Crippen LogP contribution in [0.15, 0.2) is 30.6 Å². The van der Waals surface area contributed by atoms with Gasteiger partial charge in [-0.3, -0.25) is 0 Å². The summed E-state index contributed by atoms with van der Waals surface area (Å²) in [7, 11) is 1.86. The maximum absolute atomic E-state index is 13.2. The van der Waals surface area contributed by atoms with Crippen LogP contribution in [0.2, 0.25) is 0 Å². The number of hydrogen-bond donors (Lipinski definition) is 1. The lowest BCUT2D eigenvalue weighted by molar-refractivity contribution is 0.627. The molecule has 2 rings (SSSR count). The van der Waals surface area contributed by atoms with Crippen LogP contribution in [-0.2, 0) is 6.54 Å². The van der Waals surface area contributed by atoms with Gasteiger partial charge in [-0.05, 0) is 37.7 Å². The fourth-order valence-electron chi connectivity index (χ4n) is 1.66. The monoisotopic (exact) mass is 231 g/mol. The first-order chi connectivity index (χ1) is 8.19. The number of aromatic nitrogens is 2. The summed E-state index contributed by atoms with van der Waals surface area (Å²) in [6.07, 6.45) is 3.50. The molecule has 0 radical (unpaired) electrons. The first-order valence-corrected chi connectivity index (χ1v) is 5.42. The van der Waals surface area contributed by atoms with Crippen LogP contribution >= 0.6 is 0 Å². The number of aryl methyl sites for hydroxylation is 1. The van der Waals surface area contributed by atoms with E-state index in [1.807, 2.05) is 20.0 Å². The van der Waals surface area contributed by atoms with E-state index in [1.54, 1.807) is 12.4 Å². The van der Waals surface area contributed by atoms with E-state index in [-0.39, 0.29) is 5.82 Å². The van der Waals surface area contributed by atoms with Crippen molar-refractivity contribution in [1.82, 2.24) is 15.3 Å². The average molecular weight is 231 g/mol. The van der Waals surface area contributed by atoms with E-state index in [2.05, 4.69) is 15.3 Å². The van der Waals surface area contributed by atoms with Crippen molar-refractivity contribution in [3.8, 4) is 11.4 Å². The summed E-state index contributed by atoms with van der Waals surface area (Å²) in [5.74, 6) is 0.287. The maximum Gasteiger partial charge on any atom is 0.159 e. The second-order valence-electron chi connectivity index (χ2n) is 3.96. The van der Waals surface area contributed by atoms with Gasteiger partial charge in [-0.25, -0.2) is 14.4 Å². The van der Waals surface area contributed by atoms with Crippen molar-refractivity contribution in [2.75, 3.05) is 7.05 Å². The predicted octanol–water partition coefficient (Wildman–Crippen LogP) is 2.31. The summed E-state index contributed by atoms with van der Waals surface area (Å²) < 4.78 is 13.2. The second kappa shape index (κ2) is 5.01. The van der Waals surface area contributed by atoms with Crippen molar-refractivity contribution in [2.24, 2.45) is 0 Å². The summed E-state index contributed by atoms with van der Waals surface area (Å²) in [6.45, 7) is 2.57. The highest BCUT2D eigenvalue weighted by Crippen LogP contribution is 2.17. The molecule has 17 heavy (non-hydrogen) atoms. The Bertz CT molecular complexity index is 488. The Hall–Kier alpha value is -1.81. The van der Waals surface area contributed by atoms with Gasteiger partial charge in [-0.2, -0.15) is 0 Å². The molecule has 0 unspecified atom stereocenters. The van der Waals surface area contributed by atoms with Crippen LogP contribution in [0.3, 0.4) is 0 Å². The van der Waals surface area contributed by atoms with E-state index in [0.29, 0.717) is 11.4 Å². The van der Waals surface area contributed by atoms with Crippen LogP contribution in [0, 0.1) is 12.7 Å². The Balaban J connectivity index is 2.32. The summed E-state index contributed by atoms with van der Waals surface area (Å²) >= 11 is 0. The van der Waals surface area contributed by atoms with E-state index in [1.165, 1.54) is 12.1 Å². The third kappa shape index (κ3) is 2.85. The zero-order valence-corrected chi connectivity index (χ0v) is 9.87. The highest BCUT2D eigenvalue weighted by atomic mass is 19.1. The molecule has 1 N–H and O–H groups in total. The van der Waals surface area contributed by atoms with Gasteiger partial charge in [-0.15, -0.1) is 0 Å². The topological polar surface area (TPSA) is 37.8 Å². The molecule has 1 aromatic carbocycles. The zero-order chi connectivity index (χ0) is 12.3. The molecule has 0 aliphatic carbocycles. The van der Waals surface area contributed by atoms with Gasteiger partial charge >= 0.3 is 0 Å². The molecule has 0 aliphatic heterocycles. The maximum atomic E-state index is 13.2. The van der Waals surface area contributed by atoms with Crippen LogP contribution in [0.25, 0.3) is 11.4 Å². The van der Waals surface area contributed by atoms with Gasteiger partial charge in [0.15, 0.2) is 5.82 Å². The largest absolute Gasteiger partial charge is 0.316 e. The Morgan fingerprint density at radius 2 is 1.88 bits per heavy atom. The zero-order valence-electron chi connectivity index (χ0n) is 9.87. The van der Waals surface area contributed by atoms with Gasteiger partial charge in [0.25, 0.3) is 0 Å². The summed E-state index contributed by atoms with van der Waals surface area (Å²) in [6, 6.07) is 4.80. The van der Waals surface area contributed by atoms with E-state index in [9.17, 15) is 4.39 Å². The molecule has 3 nitrogen and oxygen atoms in total. The molecule has 0 saturated carbocycles. The van der Waals surface area contributed by atoms with Crippen LogP contribution in [0.5, 0.6) is 0 Å². The molecule has 1 heterocycles. The fourth-order valence-corrected chi connectivity index (χ4v) is 1.66. The number of hydrogen-bond acceptors (Lipinski definition) is 3. The molecule has 0 amide bonds. The number of nitrogens with one attached hydrogen (secondary N) is 1. The average Bonchev–Trinajstić information content (AvgIpc) is 2.29. The van der Waals surface area contributed by atoms with Crippen LogP contribution in [-0.4, -0.2) is 17.0 Å². The quantitative estimate of drug-likeness (QED) is 0.880. The van der Waals surface area contributed by atoms with Crippen molar-refractivity contribution in [3.63, 3.8) is 0 Å². The lowest BCUT2D eigenvalue weighted by Gasteiger charge is -2.03. The van der Waals surface area contributed by atoms with Crippen molar-refractivity contribution < 1.29 is 4.39 Å². The second-order valence-corrected chi connectivity index (χ2v) is 3.96. The van der Waals surface area contributed by atoms with Gasteiger partial charge < -0.3 is 5.32 Å². The third-order valence-electron chi connectivity index (χ3n) is 2.39. The molecule has 0 saturated heterocycles. The molecule has 0 fully saturated rings. The van der Waals surface area contributed by atoms with E-state index < -0.39 is 0 Å². The molecule has 1 aromatic heterocycles. The fraction of sp³-hybridized carbons (Fsp3) is 0.231. The van der Waals surface area contributed by atoms with Crippen LogP contribution < -0.4 is 5.32 Å². The minimum absolute atomic E-state index is 0.261. The molecular weight excluding hydrogens is 217 g/mol. The van der Waals surface area contributed by atoms with Crippen molar-refractivity contribution >= 4 is 0 Å². The minimum Gasteiger partial charge on any atom is -0.316 e. The molecule has 88 valence electrons. The molecule has 0 bridgehead atoms. The Morgan fingerprint density at radius 1 is 1.18 bits per heavy atom. The first kappa shape index (κ1) is 11.7. The van der Waals surface area contributed by atoms with Gasteiger partial charge in [0.05, 0.1) is 0 Å². The third-order valence-corrected chi connectivity index (χ3v) is 2.39. The normalized spacial score (nSPS) is 10.5. The SMILES string of the molecule is CNCc1cnc(-c2cc(C)cc(F)c2)nc1. The predicted molar refractivity (Wildman–Crippen MR) is 64.9 cm³/mol. The van der Waals surface area contributed by atoms with Crippen LogP contribution in [0.1, 0.15) is 11.1 Å². The van der Waals surface area contributed by atoms with E-state index in [4.69, 9.17) is 0 Å². The number of halogens is 1. The molecule has 4 heteroatoms. The number of benzene rings is 1. The first-order valence-electron chi connectivity index (χ1n) is 5.42. The molecule has 0 aliphatic rings. The molecular formula is C13H14FN3. The standard InChI is InChI=1S/C13H14FN3/c1-9-3-11(5-12(14)4-9)13-16-7-10(6-15-2)8-17-13/h3-5,7-8,15H,6H2,1-2H3. The lowest BCUT2D eigenvalue weighted by atomic mass is 10.1. The van der Waals surface area contributed by atoms with E-state index >= 15 is 0 Å². The minimum atomic E-state index is -0.261. The summed E-state index contributed by atoms with van der Waals surface area (Å²) in [5, 5.41) is 3.02. The van der Waals surface area contributed by atoms with Crippen LogP contribution in [0.4, 0.5) is 4.39 Å². The van der Waals surface area contributed by atoms with Gasteiger partial charge in [0, 0.05) is 30.1 Å².